The highest BCUT2D eigenvalue weighted by molar-refractivity contribution is 7.13. The Kier molecular flexibility index (Phi) is 4.22. The molecule has 1 aliphatic rings. The molecule has 1 aromatic heterocycles. The molecular weight excluding hydrogens is 248 g/mol. The number of aromatic nitrogens is 1. The number of ether oxygens (including phenoxy) is 1. The molecule has 1 aromatic rings. The smallest absolute Gasteiger partial charge is 0.311 e. The molecule has 2 rings (SSSR count). The van der Waals surface area contributed by atoms with Gasteiger partial charge in [0.15, 0.2) is 5.13 Å². The topological polar surface area (TPSA) is 51.2 Å². The van der Waals surface area contributed by atoms with Crippen LogP contribution >= 0.6 is 11.3 Å². The second kappa shape index (κ2) is 5.69. The summed E-state index contributed by atoms with van der Waals surface area (Å²) in [6.45, 7) is 4.44. The minimum absolute atomic E-state index is 0.205. The number of anilines is 1. The van der Waals surface area contributed by atoms with Crippen molar-refractivity contribution in [3.05, 3.63) is 11.1 Å². The minimum atomic E-state index is -0.205. The normalized spacial score (nSPS) is 17.0. The first-order valence-electron chi connectivity index (χ1n) is 6.55. The highest BCUT2D eigenvalue weighted by Gasteiger charge is 2.35. The van der Waals surface area contributed by atoms with Gasteiger partial charge in [-0.25, -0.2) is 4.98 Å². The van der Waals surface area contributed by atoms with Crippen LogP contribution in [0.25, 0.3) is 0 Å². The van der Waals surface area contributed by atoms with Crippen LogP contribution in [-0.4, -0.2) is 23.1 Å². The lowest BCUT2D eigenvalue weighted by atomic mass is 9.75. The standard InChI is InChI=1S/C13H20N2O2S/c1-3-13(6-5-7-13)15-12-14-10(9-18-12)8-11(16)17-4-2/h9H,3-8H2,1-2H3,(H,14,15). The highest BCUT2D eigenvalue weighted by atomic mass is 32.1. The van der Waals surface area contributed by atoms with Crippen molar-refractivity contribution in [1.82, 2.24) is 4.98 Å². The van der Waals surface area contributed by atoms with E-state index < -0.39 is 0 Å². The molecule has 0 radical (unpaired) electrons. The van der Waals surface area contributed by atoms with Crippen molar-refractivity contribution in [2.24, 2.45) is 0 Å². The van der Waals surface area contributed by atoms with Crippen molar-refractivity contribution in [3.8, 4) is 0 Å². The molecule has 0 saturated heterocycles. The van der Waals surface area contributed by atoms with E-state index in [9.17, 15) is 4.79 Å². The van der Waals surface area contributed by atoms with Gasteiger partial charge in [-0.15, -0.1) is 11.3 Å². The van der Waals surface area contributed by atoms with E-state index in [2.05, 4.69) is 17.2 Å². The molecule has 0 atom stereocenters. The zero-order valence-electron chi connectivity index (χ0n) is 11.0. The van der Waals surface area contributed by atoms with E-state index in [1.165, 1.54) is 19.3 Å². The van der Waals surface area contributed by atoms with Gasteiger partial charge in [0, 0.05) is 10.9 Å². The van der Waals surface area contributed by atoms with Crippen molar-refractivity contribution in [2.75, 3.05) is 11.9 Å². The molecule has 1 fully saturated rings. The Bertz CT molecular complexity index is 407. The van der Waals surface area contributed by atoms with E-state index in [0.717, 1.165) is 17.2 Å². The molecule has 0 spiro atoms. The van der Waals surface area contributed by atoms with Gasteiger partial charge in [0.25, 0.3) is 0 Å². The Labute approximate surface area is 112 Å². The third-order valence-electron chi connectivity index (χ3n) is 3.54. The van der Waals surface area contributed by atoms with Gasteiger partial charge < -0.3 is 10.1 Å². The molecule has 1 heterocycles. The predicted molar refractivity (Wildman–Crippen MR) is 72.9 cm³/mol. The summed E-state index contributed by atoms with van der Waals surface area (Å²) in [6, 6.07) is 0. The van der Waals surface area contributed by atoms with Gasteiger partial charge in [-0.05, 0) is 32.6 Å². The van der Waals surface area contributed by atoms with Gasteiger partial charge in [-0.3, -0.25) is 4.79 Å². The average molecular weight is 268 g/mol. The Morgan fingerprint density at radius 3 is 2.89 bits per heavy atom. The number of carbonyl (C=O) groups excluding carboxylic acids is 1. The van der Waals surface area contributed by atoms with E-state index in [1.54, 1.807) is 11.3 Å². The first-order chi connectivity index (χ1) is 8.67. The molecule has 1 N–H and O–H groups in total. The lowest BCUT2D eigenvalue weighted by Crippen LogP contribution is -2.44. The average Bonchev–Trinajstić information content (AvgIpc) is 2.71. The molecule has 1 saturated carbocycles. The number of nitrogens with zero attached hydrogens (tertiary/aromatic N) is 1. The number of thiazole rings is 1. The van der Waals surface area contributed by atoms with Crippen LogP contribution in [0.1, 0.15) is 45.2 Å². The summed E-state index contributed by atoms with van der Waals surface area (Å²) in [5.74, 6) is -0.205. The minimum Gasteiger partial charge on any atom is -0.466 e. The third-order valence-corrected chi connectivity index (χ3v) is 4.35. The molecule has 18 heavy (non-hydrogen) atoms. The summed E-state index contributed by atoms with van der Waals surface area (Å²) in [4.78, 5) is 15.8. The molecule has 0 aromatic carbocycles. The lowest BCUT2D eigenvalue weighted by molar-refractivity contribution is -0.142. The Balaban J connectivity index is 1.91. The van der Waals surface area contributed by atoms with Crippen LogP contribution in [0.5, 0.6) is 0 Å². The Morgan fingerprint density at radius 1 is 1.56 bits per heavy atom. The molecule has 0 bridgehead atoms. The molecule has 0 amide bonds. The van der Waals surface area contributed by atoms with Crippen molar-refractivity contribution in [3.63, 3.8) is 0 Å². The van der Waals surface area contributed by atoms with Crippen LogP contribution in [0.4, 0.5) is 5.13 Å². The summed E-state index contributed by atoms with van der Waals surface area (Å²) in [5, 5.41) is 6.38. The Hall–Kier alpha value is -1.10. The van der Waals surface area contributed by atoms with Gasteiger partial charge in [0.2, 0.25) is 0 Å². The van der Waals surface area contributed by atoms with Crippen LogP contribution in [0.15, 0.2) is 5.38 Å². The zero-order valence-corrected chi connectivity index (χ0v) is 11.8. The maximum atomic E-state index is 11.4. The zero-order chi connectivity index (χ0) is 13.0. The van der Waals surface area contributed by atoms with E-state index >= 15 is 0 Å². The van der Waals surface area contributed by atoms with Crippen LogP contribution in [0.2, 0.25) is 0 Å². The van der Waals surface area contributed by atoms with E-state index in [4.69, 9.17) is 4.74 Å². The van der Waals surface area contributed by atoms with Crippen LogP contribution in [-0.2, 0) is 16.0 Å². The Morgan fingerprint density at radius 2 is 2.33 bits per heavy atom. The summed E-state index contributed by atoms with van der Waals surface area (Å²) in [7, 11) is 0. The number of carbonyl (C=O) groups is 1. The summed E-state index contributed by atoms with van der Waals surface area (Å²) in [5.41, 5.74) is 1.05. The third kappa shape index (κ3) is 3.02. The summed E-state index contributed by atoms with van der Waals surface area (Å²) < 4.78 is 4.91. The number of nitrogens with one attached hydrogen (secondary N) is 1. The van der Waals surface area contributed by atoms with E-state index in [-0.39, 0.29) is 17.9 Å². The summed E-state index contributed by atoms with van der Waals surface area (Å²) >= 11 is 1.57. The van der Waals surface area contributed by atoms with Gasteiger partial charge in [-0.2, -0.15) is 0 Å². The van der Waals surface area contributed by atoms with E-state index in [1.807, 2.05) is 12.3 Å². The fourth-order valence-corrected chi connectivity index (χ4v) is 3.03. The number of esters is 1. The van der Waals surface area contributed by atoms with Crippen molar-refractivity contribution in [1.29, 1.82) is 0 Å². The monoisotopic (exact) mass is 268 g/mol. The first kappa shape index (κ1) is 13.3. The largest absolute Gasteiger partial charge is 0.466 e. The fourth-order valence-electron chi connectivity index (χ4n) is 2.20. The number of hydrogen-bond acceptors (Lipinski definition) is 5. The van der Waals surface area contributed by atoms with Gasteiger partial charge in [0.1, 0.15) is 0 Å². The van der Waals surface area contributed by atoms with Gasteiger partial charge in [0.05, 0.1) is 18.7 Å². The second-order valence-electron chi connectivity index (χ2n) is 4.74. The van der Waals surface area contributed by atoms with Crippen molar-refractivity contribution in [2.45, 2.75) is 51.5 Å². The van der Waals surface area contributed by atoms with Crippen LogP contribution in [0, 0.1) is 0 Å². The van der Waals surface area contributed by atoms with Crippen molar-refractivity contribution >= 4 is 22.4 Å². The van der Waals surface area contributed by atoms with E-state index in [0.29, 0.717) is 6.61 Å². The molecule has 0 unspecified atom stereocenters. The number of rotatable bonds is 6. The predicted octanol–water partition coefficient (Wildman–Crippen LogP) is 2.99. The van der Waals surface area contributed by atoms with Crippen LogP contribution in [0.3, 0.4) is 0 Å². The van der Waals surface area contributed by atoms with Gasteiger partial charge in [-0.1, -0.05) is 6.92 Å². The molecular formula is C13H20N2O2S. The molecule has 5 heteroatoms. The molecule has 100 valence electrons. The van der Waals surface area contributed by atoms with Crippen molar-refractivity contribution < 1.29 is 9.53 Å². The quantitative estimate of drug-likeness (QED) is 0.806. The maximum Gasteiger partial charge on any atom is 0.311 e. The maximum absolute atomic E-state index is 11.4. The van der Waals surface area contributed by atoms with Gasteiger partial charge >= 0.3 is 5.97 Å². The fraction of sp³-hybridized carbons (Fsp3) is 0.692. The summed E-state index contributed by atoms with van der Waals surface area (Å²) in [6.07, 6.45) is 5.12. The SMILES string of the molecule is CCOC(=O)Cc1csc(NC2(CC)CCC2)n1. The first-order valence-corrected chi connectivity index (χ1v) is 7.43. The molecule has 0 aliphatic heterocycles. The van der Waals surface area contributed by atoms with Crippen LogP contribution < -0.4 is 5.32 Å². The molecule has 4 nitrogen and oxygen atoms in total. The lowest BCUT2D eigenvalue weighted by Gasteiger charge is -2.41. The second-order valence-corrected chi connectivity index (χ2v) is 5.60. The molecule has 1 aliphatic carbocycles. The number of hydrogen-bond donors (Lipinski definition) is 1. The highest BCUT2D eigenvalue weighted by Crippen LogP contribution is 2.38.